The highest BCUT2D eigenvalue weighted by atomic mass is 16.9. The van der Waals surface area contributed by atoms with Crippen molar-refractivity contribution >= 4 is 0 Å². The minimum Gasteiger partial charge on any atom is -0.328 e. The van der Waals surface area contributed by atoms with Crippen molar-refractivity contribution in [2.24, 2.45) is 11.3 Å². The fourth-order valence-electron chi connectivity index (χ4n) is 1.17. The lowest BCUT2D eigenvalue weighted by Gasteiger charge is -2.35. The van der Waals surface area contributed by atoms with Gasteiger partial charge in [0.2, 0.25) is 0 Å². The van der Waals surface area contributed by atoms with Gasteiger partial charge in [0.1, 0.15) is 0 Å². The van der Waals surface area contributed by atoms with E-state index in [-0.39, 0.29) is 5.41 Å². The first-order chi connectivity index (χ1) is 7.77. The van der Waals surface area contributed by atoms with Crippen LogP contribution in [0.5, 0.6) is 0 Å². The molecule has 1 fully saturated rings. The minimum atomic E-state index is -1.82. The van der Waals surface area contributed by atoms with Gasteiger partial charge in [-0.3, -0.25) is 4.84 Å². The first kappa shape index (κ1) is 14.9. The molecule has 0 aromatic rings. The van der Waals surface area contributed by atoms with Gasteiger partial charge >= 0.3 is 6.10 Å². The van der Waals surface area contributed by atoms with Gasteiger partial charge < -0.3 is 14.6 Å². The normalized spacial score (nSPS) is 20.6. The lowest BCUT2D eigenvalue weighted by molar-refractivity contribution is -0.486. The maximum absolute atomic E-state index is 10.1. The van der Waals surface area contributed by atoms with Gasteiger partial charge in [-0.25, -0.2) is 0 Å². The number of hydroxylamine groups is 2. The van der Waals surface area contributed by atoms with Gasteiger partial charge in [0, 0.05) is 14.2 Å². The van der Waals surface area contributed by atoms with Gasteiger partial charge in [-0.05, 0) is 24.2 Å². The molecule has 0 radical (unpaired) electrons. The Morgan fingerprint density at radius 1 is 1.29 bits per heavy atom. The molecule has 1 aliphatic carbocycles. The first-order valence-corrected chi connectivity index (χ1v) is 6.05. The van der Waals surface area contributed by atoms with E-state index in [9.17, 15) is 5.11 Å². The van der Waals surface area contributed by atoms with E-state index < -0.39 is 6.10 Å². The van der Waals surface area contributed by atoms with Crippen molar-refractivity contribution in [3.63, 3.8) is 0 Å². The summed E-state index contributed by atoms with van der Waals surface area (Å²) in [5.74, 6) is 0.612. The van der Waals surface area contributed by atoms with Crippen molar-refractivity contribution in [3.05, 3.63) is 0 Å². The molecule has 0 saturated heterocycles. The summed E-state index contributed by atoms with van der Waals surface area (Å²) in [6.07, 6.45) is 0.576. The molecule has 1 N–H and O–H groups in total. The minimum absolute atomic E-state index is 0.0517. The van der Waals surface area contributed by atoms with Gasteiger partial charge in [0.15, 0.2) is 0 Å². The van der Waals surface area contributed by atoms with Crippen molar-refractivity contribution in [3.8, 4) is 0 Å². The zero-order chi connectivity index (χ0) is 13.1. The van der Waals surface area contributed by atoms with Crippen molar-refractivity contribution in [2.75, 3.05) is 27.4 Å². The molecule has 5 nitrogen and oxygen atoms in total. The van der Waals surface area contributed by atoms with E-state index in [2.05, 4.69) is 0 Å². The van der Waals surface area contributed by atoms with Crippen molar-refractivity contribution < 1.29 is 19.4 Å². The number of hydrogen-bond acceptors (Lipinski definition) is 5. The highest BCUT2D eigenvalue weighted by Gasteiger charge is 2.37. The molecule has 0 aliphatic heterocycles. The molecule has 17 heavy (non-hydrogen) atoms. The molecule has 102 valence electrons. The van der Waals surface area contributed by atoms with Crippen molar-refractivity contribution in [2.45, 2.75) is 39.7 Å². The standard InChI is InChI=1S/C12H25NO4/c1-11(2,3)9-16-12(14,15-5)13(4)17-8-10-6-7-10/h10,14H,6-9H2,1-5H3. The van der Waals surface area contributed by atoms with Crippen LogP contribution < -0.4 is 0 Å². The lowest BCUT2D eigenvalue weighted by atomic mass is 9.99. The third-order valence-electron chi connectivity index (χ3n) is 2.56. The molecule has 0 aromatic heterocycles. The Morgan fingerprint density at radius 3 is 2.29 bits per heavy atom. The number of nitrogens with zero attached hydrogens (tertiary/aromatic N) is 1. The van der Waals surface area contributed by atoms with Gasteiger partial charge in [-0.1, -0.05) is 20.8 Å². The largest absolute Gasteiger partial charge is 0.373 e. The topological polar surface area (TPSA) is 51.2 Å². The Hall–Kier alpha value is -0.200. The molecule has 0 spiro atoms. The van der Waals surface area contributed by atoms with Crippen LogP contribution in [-0.4, -0.2) is 43.6 Å². The van der Waals surface area contributed by atoms with Crippen molar-refractivity contribution in [1.82, 2.24) is 5.06 Å². The van der Waals surface area contributed by atoms with Crippen LogP contribution in [0.25, 0.3) is 0 Å². The van der Waals surface area contributed by atoms with E-state index in [1.54, 1.807) is 7.05 Å². The molecule has 1 aliphatic rings. The summed E-state index contributed by atoms with van der Waals surface area (Å²) in [4.78, 5) is 5.42. The lowest BCUT2D eigenvalue weighted by Crippen LogP contribution is -2.51. The summed E-state index contributed by atoms with van der Waals surface area (Å²) in [5, 5.41) is 11.4. The molecule has 1 rings (SSSR count). The Labute approximate surface area is 104 Å². The Balaban J connectivity index is 2.40. The Morgan fingerprint density at radius 2 is 1.88 bits per heavy atom. The quantitative estimate of drug-likeness (QED) is 0.546. The Bertz CT molecular complexity index is 237. The van der Waals surface area contributed by atoms with E-state index in [0.717, 1.165) is 0 Å². The van der Waals surface area contributed by atoms with Crippen LogP contribution >= 0.6 is 0 Å². The van der Waals surface area contributed by atoms with Gasteiger partial charge in [0.25, 0.3) is 0 Å². The van der Waals surface area contributed by atoms with Crippen LogP contribution in [0.1, 0.15) is 33.6 Å². The van der Waals surface area contributed by atoms with E-state index in [1.165, 1.54) is 25.0 Å². The van der Waals surface area contributed by atoms with Gasteiger partial charge in [0.05, 0.1) is 13.2 Å². The molecule has 1 unspecified atom stereocenters. The van der Waals surface area contributed by atoms with Crippen LogP contribution in [0, 0.1) is 11.3 Å². The van der Waals surface area contributed by atoms with E-state index >= 15 is 0 Å². The zero-order valence-corrected chi connectivity index (χ0v) is 11.5. The average Bonchev–Trinajstić information content (AvgIpc) is 3.05. The molecule has 0 amide bonds. The number of rotatable bonds is 7. The number of methoxy groups -OCH3 is 1. The van der Waals surface area contributed by atoms with Crippen molar-refractivity contribution in [1.29, 1.82) is 0 Å². The molecule has 1 atom stereocenters. The predicted molar refractivity (Wildman–Crippen MR) is 63.8 cm³/mol. The second kappa shape index (κ2) is 5.63. The molecule has 0 bridgehead atoms. The second-order valence-electron chi connectivity index (χ2n) is 5.84. The van der Waals surface area contributed by atoms with Gasteiger partial charge in [-0.15, -0.1) is 5.06 Å². The predicted octanol–water partition coefficient (Wildman–Crippen LogP) is 1.57. The maximum atomic E-state index is 10.1. The maximum Gasteiger partial charge on any atom is 0.373 e. The SMILES string of the molecule is COC(O)(OCC(C)(C)C)N(C)OCC1CC1. The molecule has 5 heteroatoms. The molecular formula is C12H25NO4. The first-order valence-electron chi connectivity index (χ1n) is 6.05. The van der Waals surface area contributed by atoms with Crippen LogP contribution in [0.4, 0.5) is 0 Å². The van der Waals surface area contributed by atoms with E-state index in [4.69, 9.17) is 14.3 Å². The summed E-state index contributed by atoms with van der Waals surface area (Å²) in [7, 11) is 2.99. The fraction of sp³-hybridized carbons (Fsp3) is 1.00. The second-order valence-corrected chi connectivity index (χ2v) is 5.84. The number of ether oxygens (including phenoxy) is 2. The van der Waals surface area contributed by atoms with Crippen LogP contribution in [-0.2, 0) is 14.3 Å². The monoisotopic (exact) mass is 247 g/mol. The number of aliphatic hydroxyl groups is 1. The smallest absolute Gasteiger partial charge is 0.328 e. The third-order valence-corrected chi connectivity index (χ3v) is 2.56. The molecule has 0 aromatic carbocycles. The third kappa shape index (κ3) is 5.31. The van der Waals surface area contributed by atoms with Crippen LogP contribution in [0.3, 0.4) is 0 Å². The molecular weight excluding hydrogens is 222 g/mol. The summed E-state index contributed by atoms with van der Waals surface area (Å²) >= 11 is 0. The Kier molecular flexibility index (Phi) is 4.92. The fourth-order valence-corrected chi connectivity index (χ4v) is 1.17. The summed E-state index contributed by atoms with van der Waals surface area (Å²) in [6, 6.07) is 0. The summed E-state index contributed by atoms with van der Waals surface area (Å²) in [5.41, 5.74) is -0.0517. The van der Waals surface area contributed by atoms with Gasteiger partial charge in [-0.2, -0.15) is 0 Å². The van der Waals surface area contributed by atoms with Crippen LogP contribution in [0.2, 0.25) is 0 Å². The molecule has 1 saturated carbocycles. The summed E-state index contributed by atoms with van der Waals surface area (Å²) < 4.78 is 10.4. The molecule has 0 heterocycles. The zero-order valence-electron chi connectivity index (χ0n) is 11.5. The van der Waals surface area contributed by atoms with E-state index in [0.29, 0.717) is 19.1 Å². The van der Waals surface area contributed by atoms with E-state index in [1.807, 2.05) is 20.8 Å². The summed E-state index contributed by atoms with van der Waals surface area (Å²) in [6.45, 7) is 7.03. The highest BCUT2D eigenvalue weighted by Crippen LogP contribution is 2.30. The highest BCUT2D eigenvalue weighted by molar-refractivity contribution is 4.71. The average molecular weight is 247 g/mol. The van der Waals surface area contributed by atoms with Crippen LogP contribution in [0.15, 0.2) is 0 Å². The number of hydrogen-bond donors (Lipinski definition) is 1.